The van der Waals surface area contributed by atoms with E-state index in [-0.39, 0.29) is 0 Å². The normalized spacial score (nSPS) is 35.1. The fraction of sp³-hybridized carbons (Fsp3) is 1.00. The molecule has 0 aromatic heterocycles. The smallest absolute Gasteiger partial charge is 0.00927 e. The second-order valence-electron chi connectivity index (χ2n) is 4.77. The summed E-state index contributed by atoms with van der Waals surface area (Å²) in [5, 5.41) is 3.61. The van der Waals surface area contributed by atoms with Gasteiger partial charge in [-0.2, -0.15) is 0 Å². The number of hydrogen-bond acceptors (Lipinski definition) is 3. The molecular formula is C10H20N2S. The molecule has 1 atom stereocenters. The van der Waals surface area contributed by atoms with E-state index >= 15 is 0 Å². The van der Waals surface area contributed by atoms with E-state index in [1.807, 2.05) is 0 Å². The van der Waals surface area contributed by atoms with Crippen molar-refractivity contribution in [1.29, 1.82) is 0 Å². The Morgan fingerprint density at radius 3 is 2.54 bits per heavy atom. The third-order valence-electron chi connectivity index (χ3n) is 3.73. The van der Waals surface area contributed by atoms with E-state index in [1.54, 1.807) is 0 Å². The molecule has 1 unspecified atom stereocenters. The van der Waals surface area contributed by atoms with Gasteiger partial charge in [-0.05, 0) is 38.0 Å². The first-order valence-electron chi connectivity index (χ1n) is 5.37. The number of piperidine rings is 2. The first kappa shape index (κ1) is 9.81. The van der Waals surface area contributed by atoms with Crippen LogP contribution in [0, 0.1) is 5.41 Å². The Hall–Kier alpha value is 0.270. The predicted octanol–water partition coefficient (Wildman–Crippen LogP) is 1.69. The van der Waals surface area contributed by atoms with E-state index in [0.29, 0.717) is 5.41 Å². The van der Waals surface area contributed by atoms with Crippen LogP contribution in [-0.2, 0) is 0 Å². The molecule has 0 bridgehead atoms. The predicted molar refractivity (Wildman–Crippen MR) is 58.9 cm³/mol. The summed E-state index contributed by atoms with van der Waals surface area (Å²) in [4.78, 5) is 0. The Morgan fingerprint density at radius 2 is 2.00 bits per heavy atom. The van der Waals surface area contributed by atoms with Crippen molar-refractivity contribution in [3.05, 3.63) is 0 Å². The third-order valence-corrected chi connectivity index (χ3v) is 4.13. The van der Waals surface area contributed by atoms with Crippen LogP contribution in [0.4, 0.5) is 0 Å². The molecule has 2 saturated heterocycles. The van der Waals surface area contributed by atoms with Crippen molar-refractivity contribution in [2.24, 2.45) is 5.41 Å². The van der Waals surface area contributed by atoms with Crippen molar-refractivity contribution in [1.82, 2.24) is 9.62 Å². The lowest BCUT2D eigenvalue weighted by Gasteiger charge is -2.44. The van der Waals surface area contributed by atoms with Gasteiger partial charge >= 0.3 is 0 Å². The molecule has 1 N–H and O–H groups in total. The number of hydrogen-bond donors (Lipinski definition) is 2. The van der Waals surface area contributed by atoms with Crippen LogP contribution in [0.2, 0.25) is 0 Å². The molecule has 2 rings (SSSR count). The van der Waals surface area contributed by atoms with Crippen molar-refractivity contribution in [3.8, 4) is 0 Å². The molecule has 0 aliphatic carbocycles. The van der Waals surface area contributed by atoms with Gasteiger partial charge in [-0.25, -0.2) is 0 Å². The monoisotopic (exact) mass is 200 g/mol. The van der Waals surface area contributed by atoms with Crippen molar-refractivity contribution >= 4 is 12.8 Å². The van der Waals surface area contributed by atoms with Crippen LogP contribution in [0.1, 0.15) is 32.6 Å². The molecule has 0 saturated carbocycles. The van der Waals surface area contributed by atoms with Gasteiger partial charge in [0, 0.05) is 25.7 Å². The summed E-state index contributed by atoms with van der Waals surface area (Å²) in [5.41, 5.74) is 0.617. The molecule has 2 fully saturated rings. The van der Waals surface area contributed by atoms with E-state index in [0.717, 1.165) is 6.04 Å². The maximum atomic E-state index is 4.39. The highest BCUT2D eigenvalue weighted by Gasteiger charge is 2.36. The highest BCUT2D eigenvalue weighted by molar-refractivity contribution is 7.77. The van der Waals surface area contributed by atoms with E-state index < -0.39 is 0 Å². The highest BCUT2D eigenvalue weighted by Crippen LogP contribution is 2.38. The molecule has 0 aromatic rings. The lowest BCUT2D eigenvalue weighted by molar-refractivity contribution is 0.107. The molecule has 0 aromatic carbocycles. The molecule has 0 amide bonds. The lowest BCUT2D eigenvalue weighted by Crippen LogP contribution is -2.48. The van der Waals surface area contributed by atoms with Crippen LogP contribution >= 0.6 is 12.8 Å². The first-order valence-corrected chi connectivity index (χ1v) is 5.77. The van der Waals surface area contributed by atoms with Gasteiger partial charge < -0.3 is 5.32 Å². The maximum absolute atomic E-state index is 4.39. The minimum atomic E-state index is 0.617. The average molecular weight is 200 g/mol. The SMILES string of the molecule is CC1CCC2(CCN(S)CC2)CN1. The largest absolute Gasteiger partial charge is 0.314 e. The van der Waals surface area contributed by atoms with Crippen LogP contribution in [0.3, 0.4) is 0 Å². The molecule has 2 aliphatic heterocycles. The third kappa shape index (κ3) is 2.20. The molecule has 2 nitrogen and oxygen atoms in total. The number of nitrogens with zero attached hydrogens (tertiary/aromatic N) is 1. The van der Waals surface area contributed by atoms with Gasteiger partial charge in [-0.1, -0.05) is 12.8 Å². The number of rotatable bonds is 0. The summed E-state index contributed by atoms with van der Waals surface area (Å²) < 4.78 is 2.16. The Kier molecular flexibility index (Phi) is 2.86. The Balaban J connectivity index is 1.90. The van der Waals surface area contributed by atoms with E-state index in [1.165, 1.54) is 45.3 Å². The van der Waals surface area contributed by atoms with Crippen LogP contribution in [0.25, 0.3) is 0 Å². The summed E-state index contributed by atoms with van der Waals surface area (Å²) >= 11 is 4.39. The standard InChI is InChI=1S/C10H20N2S/c1-9-2-3-10(8-11-9)4-6-12(13)7-5-10/h9,11,13H,2-8H2,1H3. The summed E-state index contributed by atoms with van der Waals surface area (Å²) in [6.45, 7) is 5.86. The van der Waals surface area contributed by atoms with Crippen molar-refractivity contribution < 1.29 is 0 Å². The first-order chi connectivity index (χ1) is 6.20. The van der Waals surface area contributed by atoms with Gasteiger partial charge in [0.15, 0.2) is 0 Å². The number of thiol groups is 1. The number of nitrogens with one attached hydrogen (secondary N) is 1. The highest BCUT2D eigenvalue weighted by atomic mass is 32.1. The molecule has 3 heteroatoms. The van der Waals surface area contributed by atoms with Gasteiger partial charge in [0.25, 0.3) is 0 Å². The zero-order valence-corrected chi connectivity index (χ0v) is 9.32. The van der Waals surface area contributed by atoms with Gasteiger partial charge in [0.05, 0.1) is 0 Å². The molecule has 0 radical (unpaired) electrons. The van der Waals surface area contributed by atoms with E-state index in [2.05, 4.69) is 29.4 Å². The van der Waals surface area contributed by atoms with Gasteiger partial charge in [-0.15, -0.1) is 0 Å². The Labute approximate surface area is 86.6 Å². The second-order valence-corrected chi connectivity index (χ2v) is 5.34. The zero-order valence-electron chi connectivity index (χ0n) is 8.42. The maximum Gasteiger partial charge on any atom is 0.00927 e. The molecule has 2 heterocycles. The average Bonchev–Trinajstić information content (AvgIpc) is 2.16. The van der Waals surface area contributed by atoms with Crippen LogP contribution in [0.15, 0.2) is 0 Å². The van der Waals surface area contributed by atoms with Gasteiger partial charge in [0.1, 0.15) is 0 Å². The fourth-order valence-electron chi connectivity index (χ4n) is 2.50. The van der Waals surface area contributed by atoms with Crippen LogP contribution < -0.4 is 5.32 Å². The topological polar surface area (TPSA) is 15.3 Å². The fourth-order valence-corrected chi connectivity index (χ4v) is 2.70. The summed E-state index contributed by atoms with van der Waals surface area (Å²) in [6, 6.07) is 0.736. The Bertz CT molecular complexity index is 144. The van der Waals surface area contributed by atoms with Crippen molar-refractivity contribution in [2.75, 3.05) is 19.6 Å². The molecule has 2 aliphatic rings. The molecule has 76 valence electrons. The molecular weight excluding hydrogens is 180 g/mol. The van der Waals surface area contributed by atoms with Crippen LogP contribution in [0.5, 0.6) is 0 Å². The van der Waals surface area contributed by atoms with Crippen molar-refractivity contribution in [3.63, 3.8) is 0 Å². The van der Waals surface area contributed by atoms with Crippen LogP contribution in [-0.4, -0.2) is 30.0 Å². The van der Waals surface area contributed by atoms with Gasteiger partial charge in [0.2, 0.25) is 0 Å². The summed E-state index contributed by atoms with van der Waals surface area (Å²) in [6.07, 6.45) is 5.43. The van der Waals surface area contributed by atoms with E-state index in [4.69, 9.17) is 0 Å². The van der Waals surface area contributed by atoms with Gasteiger partial charge in [-0.3, -0.25) is 4.31 Å². The molecule has 13 heavy (non-hydrogen) atoms. The minimum absolute atomic E-state index is 0.617. The summed E-state index contributed by atoms with van der Waals surface area (Å²) in [7, 11) is 0. The second kappa shape index (κ2) is 3.79. The zero-order chi connectivity index (χ0) is 9.31. The minimum Gasteiger partial charge on any atom is -0.314 e. The van der Waals surface area contributed by atoms with Crippen molar-refractivity contribution in [2.45, 2.75) is 38.6 Å². The summed E-state index contributed by atoms with van der Waals surface area (Å²) in [5.74, 6) is 0. The Morgan fingerprint density at radius 1 is 1.31 bits per heavy atom. The quantitative estimate of drug-likeness (QED) is 0.579. The molecule has 1 spiro atoms. The van der Waals surface area contributed by atoms with E-state index in [9.17, 15) is 0 Å². The lowest BCUT2D eigenvalue weighted by atomic mass is 9.72.